The fraction of sp³-hybridized carbons (Fsp3) is 0.125. The van der Waals surface area contributed by atoms with Crippen LogP contribution in [0.2, 0.25) is 0 Å². The molecule has 0 radical (unpaired) electrons. The third kappa shape index (κ3) is 2.83. The van der Waals surface area contributed by atoms with Crippen molar-refractivity contribution in [1.82, 2.24) is 4.98 Å². The molecule has 3 N–H and O–H groups in total. The van der Waals surface area contributed by atoms with Crippen molar-refractivity contribution in [2.45, 2.75) is 12.7 Å². The van der Waals surface area contributed by atoms with Crippen molar-refractivity contribution in [3.8, 4) is 11.3 Å². The number of nitrogens with one attached hydrogen (secondary N) is 1. The normalized spacial score (nSPS) is 11.8. The number of nitro benzene ring substituents is 1. The molecule has 3 rings (SSSR count). The number of aromatic nitrogens is 1. The Bertz CT molecular complexity index is 932. The average Bonchev–Trinajstić information content (AvgIpc) is 2.96. The van der Waals surface area contributed by atoms with E-state index in [2.05, 4.69) is 4.98 Å². The van der Waals surface area contributed by atoms with Crippen LogP contribution in [0.25, 0.3) is 22.2 Å². The number of rotatable bonds is 3. The van der Waals surface area contributed by atoms with Gasteiger partial charge in [-0.3, -0.25) is 10.1 Å². The number of nitrogens with zero attached hydrogens (tertiary/aromatic N) is 1. The summed E-state index contributed by atoms with van der Waals surface area (Å²) in [5.41, 5.74) is 5.64. The lowest BCUT2D eigenvalue weighted by molar-refractivity contribution is -0.388. The van der Waals surface area contributed by atoms with Crippen molar-refractivity contribution in [3.63, 3.8) is 0 Å². The molecule has 0 unspecified atom stereocenters. The Labute approximate surface area is 134 Å². The Hall–Kier alpha value is -2.87. The Morgan fingerprint density at radius 2 is 1.88 bits per heavy atom. The molecule has 0 spiro atoms. The molecule has 24 heavy (non-hydrogen) atoms. The Balaban J connectivity index is 2.14. The average molecular weight is 335 g/mol. The van der Waals surface area contributed by atoms with Crippen LogP contribution in [0.15, 0.2) is 42.5 Å². The minimum absolute atomic E-state index is 0.221. The summed E-state index contributed by atoms with van der Waals surface area (Å²) < 4.78 is 39.2. The van der Waals surface area contributed by atoms with Gasteiger partial charge in [-0.25, -0.2) is 0 Å². The standard InChI is InChI=1S/C16H12F3N3O2/c17-16(18,19)12-6-10(2-4-15(12)22(23)24)14-7-11-5-9(8-20)1-3-13(11)21-14/h1-7,21H,8,20H2. The topological polar surface area (TPSA) is 85.0 Å². The number of hydrogen-bond acceptors (Lipinski definition) is 3. The largest absolute Gasteiger partial charge is 0.423 e. The first-order valence-electron chi connectivity index (χ1n) is 6.97. The monoisotopic (exact) mass is 335 g/mol. The van der Waals surface area contributed by atoms with Crippen LogP contribution >= 0.6 is 0 Å². The molecule has 0 aliphatic heterocycles. The molecule has 0 aliphatic carbocycles. The summed E-state index contributed by atoms with van der Waals surface area (Å²) in [6, 6.07) is 10.1. The zero-order chi connectivity index (χ0) is 17.5. The molecule has 1 heterocycles. The summed E-state index contributed by atoms with van der Waals surface area (Å²) in [6.07, 6.45) is -4.81. The van der Waals surface area contributed by atoms with Gasteiger partial charge in [0.25, 0.3) is 5.69 Å². The zero-order valence-corrected chi connectivity index (χ0v) is 12.2. The highest BCUT2D eigenvalue weighted by Gasteiger charge is 2.38. The quantitative estimate of drug-likeness (QED) is 0.555. The van der Waals surface area contributed by atoms with E-state index in [-0.39, 0.29) is 5.56 Å². The predicted molar refractivity (Wildman–Crippen MR) is 83.3 cm³/mol. The number of nitrogens with two attached hydrogens (primary N) is 1. The summed E-state index contributed by atoms with van der Waals surface area (Å²) in [5, 5.41) is 11.6. The first-order valence-corrected chi connectivity index (χ1v) is 6.97. The molecule has 2 aromatic carbocycles. The molecule has 5 nitrogen and oxygen atoms in total. The molecule has 0 saturated carbocycles. The maximum atomic E-state index is 13.1. The summed E-state index contributed by atoms with van der Waals surface area (Å²) in [4.78, 5) is 12.8. The van der Waals surface area contributed by atoms with Gasteiger partial charge in [0.2, 0.25) is 0 Å². The highest BCUT2D eigenvalue weighted by Crippen LogP contribution is 2.38. The number of aromatic amines is 1. The summed E-state index contributed by atoms with van der Waals surface area (Å²) in [7, 11) is 0. The molecule has 0 atom stereocenters. The third-order valence-electron chi connectivity index (χ3n) is 3.73. The van der Waals surface area contributed by atoms with Crippen LogP contribution in [0.4, 0.5) is 18.9 Å². The second-order valence-corrected chi connectivity index (χ2v) is 5.30. The molecule has 0 saturated heterocycles. The molecular formula is C16H12F3N3O2. The molecule has 0 fully saturated rings. The SMILES string of the molecule is NCc1ccc2[nH]c(-c3ccc([N+](=O)[O-])c(C(F)(F)F)c3)cc2c1. The van der Waals surface area contributed by atoms with Gasteiger partial charge in [0.05, 0.1) is 4.92 Å². The molecule has 0 bridgehead atoms. The van der Waals surface area contributed by atoms with Gasteiger partial charge in [0.1, 0.15) is 5.56 Å². The van der Waals surface area contributed by atoms with Crippen LogP contribution < -0.4 is 5.73 Å². The van der Waals surface area contributed by atoms with Gasteiger partial charge in [-0.2, -0.15) is 13.2 Å². The third-order valence-corrected chi connectivity index (χ3v) is 3.73. The van der Waals surface area contributed by atoms with Crippen LogP contribution in [-0.4, -0.2) is 9.91 Å². The van der Waals surface area contributed by atoms with E-state index in [0.717, 1.165) is 28.6 Å². The fourth-order valence-corrected chi connectivity index (χ4v) is 2.55. The van der Waals surface area contributed by atoms with E-state index in [1.807, 2.05) is 12.1 Å². The number of hydrogen-bond donors (Lipinski definition) is 2. The summed E-state index contributed by atoms with van der Waals surface area (Å²) in [5.74, 6) is 0. The van der Waals surface area contributed by atoms with E-state index < -0.39 is 22.4 Å². The fourth-order valence-electron chi connectivity index (χ4n) is 2.55. The minimum Gasteiger partial charge on any atom is -0.355 e. The van der Waals surface area contributed by atoms with Crippen LogP contribution in [0.5, 0.6) is 0 Å². The number of H-pyrrole nitrogens is 1. The Morgan fingerprint density at radius 3 is 2.50 bits per heavy atom. The minimum atomic E-state index is -4.81. The molecule has 1 aromatic heterocycles. The lowest BCUT2D eigenvalue weighted by atomic mass is 10.1. The number of alkyl halides is 3. The highest BCUT2D eigenvalue weighted by molar-refractivity contribution is 5.86. The number of fused-ring (bicyclic) bond motifs is 1. The molecule has 8 heteroatoms. The second kappa shape index (κ2) is 5.64. The van der Waals surface area contributed by atoms with Crippen molar-refractivity contribution in [2.75, 3.05) is 0 Å². The van der Waals surface area contributed by atoms with E-state index in [4.69, 9.17) is 5.73 Å². The summed E-state index contributed by atoms with van der Waals surface area (Å²) >= 11 is 0. The van der Waals surface area contributed by atoms with Crippen molar-refractivity contribution in [2.24, 2.45) is 5.73 Å². The first kappa shape index (κ1) is 16.0. The van der Waals surface area contributed by atoms with Gasteiger partial charge in [-0.05, 0) is 41.5 Å². The van der Waals surface area contributed by atoms with E-state index >= 15 is 0 Å². The van der Waals surface area contributed by atoms with E-state index in [1.165, 1.54) is 6.07 Å². The predicted octanol–water partition coefficient (Wildman–Crippen LogP) is 4.22. The van der Waals surface area contributed by atoms with Gasteiger partial charge < -0.3 is 10.7 Å². The number of nitro groups is 1. The second-order valence-electron chi connectivity index (χ2n) is 5.30. The smallest absolute Gasteiger partial charge is 0.355 e. The van der Waals surface area contributed by atoms with Crippen LogP contribution in [0.1, 0.15) is 11.1 Å². The molecule has 124 valence electrons. The van der Waals surface area contributed by atoms with Crippen molar-refractivity contribution < 1.29 is 18.1 Å². The highest BCUT2D eigenvalue weighted by atomic mass is 19.4. The molecular weight excluding hydrogens is 323 g/mol. The maximum absolute atomic E-state index is 13.1. The maximum Gasteiger partial charge on any atom is 0.423 e. The van der Waals surface area contributed by atoms with Crippen molar-refractivity contribution in [1.29, 1.82) is 0 Å². The summed E-state index contributed by atoms with van der Waals surface area (Å²) in [6.45, 7) is 0.353. The first-order chi connectivity index (χ1) is 11.3. The van der Waals surface area contributed by atoms with Gasteiger partial charge in [0, 0.05) is 29.2 Å². The lowest BCUT2D eigenvalue weighted by Gasteiger charge is -2.09. The Kier molecular flexibility index (Phi) is 3.76. The van der Waals surface area contributed by atoms with Gasteiger partial charge in [0.15, 0.2) is 0 Å². The molecule has 0 aliphatic rings. The van der Waals surface area contributed by atoms with Gasteiger partial charge >= 0.3 is 6.18 Å². The number of benzene rings is 2. The van der Waals surface area contributed by atoms with E-state index in [1.54, 1.807) is 12.1 Å². The molecule has 3 aromatic rings. The van der Waals surface area contributed by atoms with Crippen molar-refractivity contribution >= 4 is 16.6 Å². The molecule has 0 amide bonds. The Morgan fingerprint density at radius 1 is 1.12 bits per heavy atom. The number of halogens is 3. The lowest BCUT2D eigenvalue weighted by Crippen LogP contribution is -2.09. The van der Waals surface area contributed by atoms with Crippen LogP contribution in [-0.2, 0) is 12.7 Å². The van der Waals surface area contributed by atoms with Gasteiger partial charge in [-0.15, -0.1) is 0 Å². The van der Waals surface area contributed by atoms with Gasteiger partial charge in [-0.1, -0.05) is 6.07 Å². The van der Waals surface area contributed by atoms with E-state index in [9.17, 15) is 23.3 Å². The van der Waals surface area contributed by atoms with Crippen LogP contribution in [0, 0.1) is 10.1 Å². The van der Waals surface area contributed by atoms with Crippen molar-refractivity contribution in [3.05, 3.63) is 63.7 Å². The zero-order valence-electron chi connectivity index (χ0n) is 12.2. The van der Waals surface area contributed by atoms with Crippen LogP contribution in [0.3, 0.4) is 0 Å². The van der Waals surface area contributed by atoms with E-state index in [0.29, 0.717) is 12.2 Å².